The zero-order valence-electron chi connectivity index (χ0n) is 23.8. The molecule has 0 N–H and O–H groups in total. The van der Waals surface area contributed by atoms with E-state index in [4.69, 9.17) is 22.1 Å². The third kappa shape index (κ3) is 13.9. The van der Waals surface area contributed by atoms with Crippen LogP contribution in [0.3, 0.4) is 0 Å². The van der Waals surface area contributed by atoms with Gasteiger partial charge in [-0.3, -0.25) is 4.79 Å². The lowest BCUT2D eigenvalue weighted by atomic mass is 9.95. The lowest BCUT2D eigenvalue weighted by Gasteiger charge is -2.47. The van der Waals surface area contributed by atoms with Crippen molar-refractivity contribution in [2.75, 3.05) is 6.61 Å². The van der Waals surface area contributed by atoms with Crippen LogP contribution in [0.25, 0.3) is 0 Å². The van der Waals surface area contributed by atoms with E-state index in [2.05, 4.69) is 78.6 Å². The van der Waals surface area contributed by atoms with Gasteiger partial charge in [-0.2, -0.15) is 0 Å². The first-order valence-electron chi connectivity index (χ1n) is 11.7. The Hall–Kier alpha value is 0.394. The second-order valence-electron chi connectivity index (χ2n) is 13.7. The third-order valence-electron chi connectivity index (χ3n) is 3.87. The van der Waals surface area contributed by atoms with Crippen molar-refractivity contribution in [3.05, 3.63) is 0 Å². The minimum atomic E-state index is -2.16. The molecule has 0 heterocycles. The molecule has 0 saturated heterocycles. The molecule has 6 nitrogen and oxygen atoms in total. The molecular formula is C21H52O6Si5. The first-order valence-corrected chi connectivity index (χ1v) is 28.7. The van der Waals surface area contributed by atoms with Gasteiger partial charge in [0.05, 0.1) is 12.7 Å². The lowest BCUT2D eigenvalue weighted by molar-refractivity contribution is -0.170. The zero-order valence-corrected chi connectivity index (χ0v) is 28.8. The van der Waals surface area contributed by atoms with E-state index >= 15 is 0 Å². The van der Waals surface area contributed by atoms with E-state index in [9.17, 15) is 4.79 Å². The van der Waals surface area contributed by atoms with E-state index in [0.717, 1.165) is 0 Å². The Labute approximate surface area is 203 Å². The Kier molecular flexibility index (Phi) is 11.1. The highest BCUT2D eigenvalue weighted by Crippen LogP contribution is 2.33. The summed E-state index contributed by atoms with van der Waals surface area (Å²) in [6.07, 6.45) is -1.04. The Bertz CT molecular complexity index is 611. The van der Waals surface area contributed by atoms with Crippen LogP contribution < -0.4 is 0 Å². The molecule has 0 amide bonds. The van der Waals surface area contributed by atoms with Crippen molar-refractivity contribution in [2.24, 2.45) is 0 Å². The topological polar surface area (TPSA) is 63.2 Å². The average molecular weight is 541 g/mol. The van der Waals surface area contributed by atoms with E-state index < -0.39 is 59.4 Å². The van der Waals surface area contributed by atoms with Gasteiger partial charge in [-0.05, 0) is 105 Å². The Morgan fingerprint density at radius 2 is 1.09 bits per heavy atom. The molecular weight excluding hydrogens is 489 g/mol. The van der Waals surface area contributed by atoms with Crippen molar-refractivity contribution in [3.8, 4) is 0 Å². The fourth-order valence-corrected chi connectivity index (χ4v) is 8.26. The second kappa shape index (κ2) is 11.0. The molecule has 3 atom stereocenters. The lowest BCUT2D eigenvalue weighted by Crippen LogP contribution is -2.65. The summed E-state index contributed by atoms with van der Waals surface area (Å²) < 4.78 is 32.4. The van der Waals surface area contributed by atoms with Crippen LogP contribution in [0.15, 0.2) is 0 Å². The fraction of sp³-hybridized carbons (Fsp3) is 0.952. The summed E-state index contributed by atoms with van der Waals surface area (Å²) >= 11 is 0. The highest BCUT2D eigenvalue weighted by molar-refractivity contribution is 6.72. The molecule has 0 spiro atoms. The standard InChI is InChI=1S/C21H52O6Si5/c1-21(27-32(14,15)16,20(22)26-31(11,12)13)19(25-30(8,9)10)18(24-29(5,6)7)17-23-28(2,3)4/h18-19H,17H2,1-16H3/t18-,19-,21-/m0/s1. The van der Waals surface area contributed by atoms with Gasteiger partial charge in [0, 0.05) is 0 Å². The number of hydrogen-bond donors (Lipinski definition) is 0. The second-order valence-corrected chi connectivity index (χ2v) is 36.0. The summed E-state index contributed by atoms with van der Waals surface area (Å²) in [5.74, 6) is -0.348. The van der Waals surface area contributed by atoms with Gasteiger partial charge in [0.25, 0.3) is 0 Å². The van der Waals surface area contributed by atoms with Crippen molar-refractivity contribution in [2.45, 2.75) is 123 Å². The van der Waals surface area contributed by atoms with E-state index in [-0.39, 0.29) is 5.97 Å². The summed E-state index contributed by atoms with van der Waals surface area (Å²) in [4.78, 5) is 13.7. The minimum absolute atomic E-state index is 0.348. The van der Waals surface area contributed by atoms with Crippen molar-refractivity contribution >= 4 is 47.6 Å². The largest absolute Gasteiger partial charge is 0.518 e. The first-order chi connectivity index (χ1) is 13.7. The number of hydrogen-bond acceptors (Lipinski definition) is 6. The van der Waals surface area contributed by atoms with Gasteiger partial charge in [0.15, 0.2) is 38.9 Å². The molecule has 192 valence electrons. The SMILES string of the molecule is C[C@@](O[Si](C)(C)C)(C(=O)O[Si](C)(C)C)[C@@H](O[Si](C)(C)C)[C@H](CO[Si](C)(C)C)O[Si](C)(C)C. The van der Waals surface area contributed by atoms with Crippen molar-refractivity contribution in [3.63, 3.8) is 0 Å². The van der Waals surface area contributed by atoms with Gasteiger partial charge in [0.2, 0.25) is 8.32 Å². The maximum Gasteiger partial charge on any atom is 0.326 e. The van der Waals surface area contributed by atoms with Gasteiger partial charge in [-0.1, -0.05) is 0 Å². The predicted octanol–water partition coefficient (Wildman–Crippen LogP) is 6.27. The molecule has 0 rings (SSSR count). The van der Waals surface area contributed by atoms with Crippen molar-refractivity contribution < 1.29 is 26.9 Å². The first kappa shape index (κ1) is 32.4. The highest BCUT2D eigenvalue weighted by atomic mass is 28.4. The van der Waals surface area contributed by atoms with Crippen molar-refractivity contribution in [1.29, 1.82) is 0 Å². The Morgan fingerprint density at radius 3 is 1.41 bits per heavy atom. The van der Waals surface area contributed by atoms with Crippen LogP contribution in [0.1, 0.15) is 6.92 Å². The van der Waals surface area contributed by atoms with Gasteiger partial charge >= 0.3 is 5.97 Å². The minimum Gasteiger partial charge on any atom is -0.518 e. The molecule has 11 heteroatoms. The van der Waals surface area contributed by atoms with Crippen molar-refractivity contribution in [1.82, 2.24) is 0 Å². The molecule has 0 radical (unpaired) electrons. The number of rotatable bonds is 13. The molecule has 0 bridgehead atoms. The van der Waals surface area contributed by atoms with Crippen LogP contribution in [0.5, 0.6) is 0 Å². The van der Waals surface area contributed by atoms with Crippen LogP contribution in [-0.2, 0) is 26.9 Å². The maximum absolute atomic E-state index is 13.7. The fourth-order valence-electron chi connectivity index (χ4n) is 3.12. The molecule has 0 unspecified atom stereocenters. The molecule has 0 aliphatic heterocycles. The van der Waals surface area contributed by atoms with E-state index in [1.165, 1.54) is 0 Å². The third-order valence-corrected chi connectivity index (χ3v) is 8.71. The number of carbonyl (C=O) groups is 1. The molecule has 0 saturated carbocycles. The summed E-state index contributed by atoms with van der Waals surface area (Å²) in [6, 6.07) is 0. The van der Waals surface area contributed by atoms with Crippen LogP contribution in [0.4, 0.5) is 0 Å². The molecule has 0 fully saturated rings. The molecule has 0 aromatic heterocycles. The molecule has 0 aromatic rings. The van der Waals surface area contributed by atoms with E-state index in [0.29, 0.717) is 6.61 Å². The molecule has 32 heavy (non-hydrogen) atoms. The van der Waals surface area contributed by atoms with Gasteiger partial charge in [-0.25, -0.2) is 0 Å². The van der Waals surface area contributed by atoms with Crippen LogP contribution >= 0.6 is 0 Å². The quantitative estimate of drug-likeness (QED) is 0.257. The Balaban J connectivity index is 6.66. The summed E-state index contributed by atoms with van der Waals surface area (Å²) in [5.41, 5.74) is -1.28. The average Bonchev–Trinajstić information content (AvgIpc) is 2.42. The van der Waals surface area contributed by atoms with E-state index in [1.807, 2.05) is 26.6 Å². The smallest absolute Gasteiger partial charge is 0.326 e. The summed E-state index contributed by atoms with van der Waals surface area (Å²) in [7, 11) is -10.2. The normalized spacial score (nSPS) is 18.1. The van der Waals surface area contributed by atoms with Gasteiger partial charge in [0.1, 0.15) is 6.10 Å². The summed E-state index contributed by atoms with van der Waals surface area (Å²) in [6.45, 7) is 33.8. The van der Waals surface area contributed by atoms with Crippen LogP contribution in [0, 0.1) is 0 Å². The summed E-state index contributed by atoms with van der Waals surface area (Å²) in [5, 5.41) is 0. The Morgan fingerprint density at radius 1 is 0.656 bits per heavy atom. The van der Waals surface area contributed by atoms with Crippen LogP contribution in [-0.4, -0.2) is 72.0 Å². The molecule has 0 aliphatic carbocycles. The monoisotopic (exact) mass is 540 g/mol. The van der Waals surface area contributed by atoms with Gasteiger partial charge in [-0.15, -0.1) is 0 Å². The highest BCUT2D eigenvalue weighted by Gasteiger charge is 2.53. The predicted molar refractivity (Wildman–Crippen MR) is 148 cm³/mol. The van der Waals surface area contributed by atoms with Gasteiger partial charge < -0.3 is 22.1 Å². The number of carbonyl (C=O) groups excluding carboxylic acids is 1. The van der Waals surface area contributed by atoms with Crippen LogP contribution in [0.2, 0.25) is 98.2 Å². The maximum atomic E-state index is 13.7. The van der Waals surface area contributed by atoms with E-state index in [1.54, 1.807) is 0 Å². The zero-order chi connectivity index (χ0) is 26.0. The molecule has 0 aromatic carbocycles. The molecule has 0 aliphatic rings.